The zero-order valence-electron chi connectivity index (χ0n) is 15.9. The fraction of sp³-hybridized carbons (Fsp3) is 0.143. The Labute approximate surface area is 181 Å². The summed E-state index contributed by atoms with van der Waals surface area (Å²) in [7, 11) is 0. The van der Waals surface area contributed by atoms with Gasteiger partial charge in [-0.15, -0.1) is 0 Å². The Morgan fingerprint density at radius 3 is 2.19 bits per heavy atom. The Morgan fingerprint density at radius 1 is 1.03 bits per heavy atom. The molecule has 0 aliphatic carbocycles. The lowest BCUT2D eigenvalue weighted by molar-refractivity contribution is -0.485. The number of rotatable bonds is 6. The number of benzene rings is 2. The van der Waals surface area contributed by atoms with Gasteiger partial charge in [0.05, 0.1) is 17.0 Å². The third-order valence-electron chi connectivity index (χ3n) is 5.11. The number of carbonyl (C=O) groups excluding carboxylic acids is 3. The van der Waals surface area contributed by atoms with E-state index in [2.05, 4.69) is 5.10 Å². The third-order valence-corrected chi connectivity index (χ3v) is 5.46. The second kappa shape index (κ2) is 8.11. The molecule has 1 aromatic heterocycles. The number of halogens is 1. The van der Waals surface area contributed by atoms with Gasteiger partial charge in [-0.25, -0.2) is 4.68 Å². The van der Waals surface area contributed by atoms with Crippen LogP contribution in [-0.2, 0) is 0 Å². The summed E-state index contributed by atoms with van der Waals surface area (Å²) < 4.78 is 1.01. The van der Waals surface area contributed by atoms with E-state index in [1.807, 2.05) is 0 Å². The van der Waals surface area contributed by atoms with Crippen molar-refractivity contribution in [3.63, 3.8) is 0 Å². The molecule has 0 fully saturated rings. The Bertz CT molecular complexity index is 1160. The number of hydrogen-bond acceptors (Lipinski definition) is 6. The van der Waals surface area contributed by atoms with Crippen molar-refractivity contribution in [2.45, 2.75) is 12.0 Å². The van der Waals surface area contributed by atoms with Crippen LogP contribution in [0.4, 0.5) is 0 Å². The minimum Gasteiger partial charge on any atom is -0.272 e. The first-order chi connectivity index (χ1) is 14.9. The first-order valence-electron chi connectivity index (χ1n) is 9.27. The monoisotopic (exact) mass is 438 g/mol. The van der Waals surface area contributed by atoms with Crippen molar-refractivity contribution in [1.29, 1.82) is 0 Å². The van der Waals surface area contributed by atoms with E-state index < -0.39 is 41.1 Å². The second-order valence-electron chi connectivity index (χ2n) is 6.90. The van der Waals surface area contributed by atoms with Crippen LogP contribution in [0.5, 0.6) is 0 Å². The van der Waals surface area contributed by atoms with Crippen LogP contribution in [0, 0.1) is 10.1 Å². The lowest BCUT2D eigenvalue weighted by Gasteiger charge is -2.30. The number of amides is 2. The van der Waals surface area contributed by atoms with Crippen molar-refractivity contribution in [3.8, 4) is 0 Å². The molecule has 2 amide bonds. The molecule has 0 N–H and O–H groups in total. The molecule has 0 unspecified atom stereocenters. The number of nitrogens with zero attached hydrogens (tertiary/aromatic N) is 4. The summed E-state index contributed by atoms with van der Waals surface area (Å²) in [5.74, 6) is -3.35. The van der Waals surface area contributed by atoms with Gasteiger partial charge in [0, 0.05) is 22.3 Å². The predicted molar refractivity (Wildman–Crippen MR) is 110 cm³/mol. The van der Waals surface area contributed by atoms with Gasteiger partial charge in [0.1, 0.15) is 6.04 Å². The molecule has 31 heavy (non-hydrogen) atoms. The summed E-state index contributed by atoms with van der Waals surface area (Å²) in [6.45, 7) is -0.839. The van der Waals surface area contributed by atoms with Crippen molar-refractivity contribution < 1.29 is 19.3 Å². The SMILES string of the molecule is O=C1c2ccccc2C(=O)N1[C@@H](C[N+](=O)[O-])[C@@H](C(=O)n1cccn1)c1ccccc1Cl. The molecule has 1 aliphatic heterocycles. The van der Waals surface area contributed by atoms with Gasteiger partial charge in [0.15, 0.2) is 0 Å². The highest BCUT2D eigenvalue weighted by Gasteiger charge is 2.48. The van der Waals surface area contributed by atoms with Crippen molar-refractivity contribution in [2.75, 3.05) is 6.54 Å². The fourth-order valence-electron chi connectivity index (χ4n) is 3.77. The van der Waals surface area contributed by atoms with Gasteiger partial charge in [-0.1, -0.05) is 41.9 Å². The summed E-state index contributed by atoms with van der Waals surface area (Å²) in [4.78, 5) is 51.3. The van der Waals surface area contributed by atoms with Crippen molar-refractivity contribution >= 4 is 29.3 Å². The van der Waals surface area contributed by atoms with Gasteiger partial charge in [-0.2, -0.15) is 5.10 Å². The van der Waals surface area contributed by atoms with E-state index in [4.69, 9.17) is 11.6 Å². The molecule has 0 saturated heterocycles. The number of hydrogen-bond donors (Lipinski definition) is 0. The highest BCUT2D eigenvalue weighted by Crippen LogP contribution is 2.35. The molecule has 0 saturated carbocycles. The number of aromatic nitrogens is 2. The van der Waals surface area contributed by atoms with Crippen LogP contribution in [0.1, 0.15) is 37.0 Å². The number of carbonyl (C=O) groups is 3. The minimum atomic E-state index is -1.42. The van der Waals surface area contributed by atoms with Crippen LogP contribution < -0.4 is 0 Å². The van der Waals surface area contributed by atoms with Gasteiger partial charge in [0.25, 0.3) is 17.7 Å². The van der Waals surface area contributed by atoms with Crippen LogP contribution in [0.2, 0.25) is 5.02 Å². The third kappa shape index (κ3) is 3.59. The molecule has 3 aromatic rings. The Kier molecular flexibility index (Phi) is 5.35. The summed E-state index contributed by atoms with van der Waals surface area (Å²) in [6, 6.07) is 12.6. The highest BCUT2D eigenvalue weighted by atomic mass is 35.5. The summed E-state index contributed by atoms with van der Waals surface area (Å²) >= 11 is 6.33. The fourth-order valence-corrected chi connectivity index (χ4v) is 4.03. The average Bonchev–Trinajstić information content (AvgIpc) is 3.37. The van der Waals surface area contributed by atoms with Crippen molar-refractivity contribution in [3.05, 3.63) is 98.8 Å². The van der Waals surface area contributed by atoms with Crippen LogP contribution in [-0.4, -0.2) is 49.9 Å². The first-order valence-corrected chi connectivity index (χ1v) is 9.65. The van der Waals surface area contributed by atoms with Gasteiger partial charge in [-0.3, -0.25) is 29.4 Å². The average molecular weight is 439 g/mol. The van der Waals surface area contributed by atoms with Gasteiger partial charge in [-0.05, 0) is 29.8 Å². The second-order valence-corrected chi connectivity index (χ2v) is 7.30. The standard InChI is InChI=1S/C21H15ClN4O5/c22-16-9-4-3-8-15(16)18(21(29)24-11-5-10-23-24)17(12-25(30)31)26-19(27)13-6-1-2-7-14(13)20(26)28/h1-11,17-18H,12H2/t17-,18-/m0/s1. The van der Waals surface area contributed by atoms with E-state index in [9.17, 15) is 24.5 Å². The van der Waals surface area contributed by atoms with Crippen LogP contribution in [0.25, 0.3) is 0 Å². The van der Waals surface area contributed by atoms with E-state index >= 15 is 0 Å². The maximum absolute atomic E-state index is 13.4. The maximum atomic E-state index is 13.4. The molecule has 0 spiro atoms. The van der Waals surface area contributed by atoms with Crippen molar-refractivity contribution in [2.24, 2.45) is 0 Å². The molecule has 0 bridgehead atoms. The molecule has 10 heteroatoms. The van der Waals surface area contributed by atoms with Crippen molar-refractivity contribution in [1.82, 2.24) is 14.7 Å². The molecular weight excluding hydrogens is 424 g/mol. The summed E-state index contributed by atoms with van der Waals surface area (Å²) in [5, 5.41) is 15.7. The van der Waals surface area contributed by atoms with E-state index in [0.29, 0.717) is 0 Å². The Morgan fingerprint density at radius 2 is 1.65 bits per heavy atom. The number of imide groups is 1. The van der Waals surface area contributed by atoms with E-state index in [0.717, 1.165) is 9.58 Å². The maximum Gasteiger partial charge on any atom is 0.262 e. The normalized spacial score (nSPS) is 14.9. The van der Waals surface area contributed by atoms with Crippen LogP contribution in [0.3, 0.4) is 0 Å². The smallest absolute Gasteiger partial charge is 0.262 e. The molecule has 2 heterocycles. The lowest BCUT2D eigenvalue weighted by Crippen LogP contribution is -2.50. The first kappa shape index (κ1) is 20.4. The zero-order valence-corrected chi connectivity index (χ0v) is 16.7. The molecule has 9 nitrogen and oxygen atoms in total. The van der Waals surface area contributed by atoms with Gasteiger partial charge >= 0.3 is 0 Å². The molecule has 156 valence electrons. The predicted octanol–water partition coefficient (Wildman–Crippen LogP) is 2.90. The quantitative estimate of drug-likeness (QED) is 0.332. The highest BCUT2D eigenvalue weighted by molar-refractivity contribution is 6.31. The zero-order chi connectivity index (χ0) is 22.1. The van der Waals surface area contributed by atoms with Crippen LogP contribution in [0.15, 0.2) is 67.0 Å². The number of nitro groups is 1. The molecular formula is C21H15ClN4O5. The topological polar surface area (TPSA) is 115 Å². The lowest BCUT2D eigenvalue weighted by atomic mass is 9.89. The summed E-state index contributed by atoms with van der Waals surface area (Å²) in [6.07, 6.45) is 2.77. The molecule has 2 atom stereocenters. The molecule has 1 aliphatic rings. The summed E-state index contributed by atoms with van der Waals surface area (Å²) in [5.41, 5.74) is 0.517. The largest absolute Gasteiger partial charge is 0.272 e. The Hall–Kier alpha value is -3.85. The Balaban J connectivity index is 1.88. The minimum absolute atomic E-state index is 0.130. The molecule has 2 aromatic carbocycles. The van der Waals surface area contributed by atoms with E-state index in [-0.39, 0.29) is 21.7 Å². The van der Waals surface area contributed by atoms with E-state index in [1.54, 1.807) is 30.3 Å². The van der Waals surface area contributed by atoms with E-state index in [1.165, 1.54) is 36.7 Å². The molecule has 0 radical (unpaired) electrons. The molecule has 4 rings (SSSR count). The van der Waals surface area contributed by atoms with Gasteiger partial charge < -0.3 is 0 Å². The van der Waals surface area contributed by atoms with Gasteiger partial charge in [0.2, 0.25) is 6.54 Å². The number of fused-ring (bicyclic) bond motifs is 1. The van der Waals surface area contributed by atoms with Crippen LogP contribution >= 0.6 is 11.6 Å².